The van der Waals surface area contributed by atoms with Crippen LogP contribution in [0, 0.1) is 5.41 Å². The maximum absolute atomic E-state index is 9.05. The third kappa shape index (κ3) is 2.10. The fourth-order valence-electron chi connectivity index (χ4n) is 2.43. The molecule has 0 atom stereocenters. The lowest BCUT2D eigenvalue weighted by atomic mass is 9.55. The Kier molecular flexibility index (Phi) is 3.56. The molecule has 1 aliphatic rings. The first-order chi connectivity index (χ1) is 6.45. The summed E-state index contributed by atoms with van der Waals surface area (Å²) in [6.07, 6.45) is 3.13. The van der Waals surface area contributed by atoms with Gasteiger partial charge < -0.3 is 15.6 Å². The first-order valence-electron chi connectivity index (χ1n) is 5.46. The van der Waals surface area contributed by atoms with Crippen molar-refractivity contribution in [2.45, 2.75) is 51.7 Å². The molecule has 0 bridgehead atoms. The van der Waals surface area contributed by atoms with Crippen LogP contribution in [0.4, 0.5) is 0 Å². The Morgan fingerprint density at radius 2 is 2.07 bits per heavy atom. The molecule has 1 fully saturated rings. The fraction of sp³-hybridized carbons (Fsp3) is 1.00. The van der Waals surface area contributed by atoms with Crippen molar-refractivity contribution < 1.29 is 9.84 Å². The lowest BCUT2D eigenvalue weighted by Gasteiger charge is -2.55. The SMILES string of the molecule is CCOC1CC(CCO)(C(C)(C)N)C1. The van der Waals surface area contributed by atoms with E-state index >= 15 is 0 Å². The second-order valence-electron chi connectivity index (χ2n) is 4.96. The number of nitrogens with two attached hydrogens (primary N) is 1. The first kappa shape index (κ1) is 12.0. The molecule has 0 aromatic rings. The minimum Gasteiger partial charge on any atom is -0.396 e. The van der Waals surface area contributed by atoms with Gasteiger partial charge in [-0.2, -0.15) is 0 Å². The number of hydrogen-bond donors (Lipinski definition) is 2. The molecule has 0 amide bonds. The molecule has 3 N–H and O–H groups in total. The Hall–Kier alpha value is -0.120. The van der Waals surface area contributed by atoms with E-state index in [-0.39, 0.29) is 17.6 Å². The molecule has 0 aromatic carbocycles. The molecule has 14 heavy (non-hydrogen) atoms. The van der Waals surface area contributed by atoms with Crippen molar-refractivity contribution in [1.29, 1.82) is 0 Å². The van der Waals surface area contributed by atoms with Crippen LogP contribution in [0.2, 0.25) is 0 Å². The van der Waals surface area contributed by atoms with Gasteiger partial charge in [0.2, 0.25) is 0 Å². The topological polar surface area (TPSA) is 55.5 Å². The van der Waals surface area contributed by atoms with Gasteiger partial charge in [-0.3, -0.25) is 0 Å². The van der Waals surface area contributed by atoms with Crippen molar-refractivity contribution in [3.8, 4) is 0 Å². The summed E-state index contributed by atoms with van der Waals surface area (Å²) in [5.41, 5.74) is 6.02. The van der Waals surface area contributed by atoms with Crippen molar-refractivity contribution in [3.05, 3.63) is 0 Å². The number of aliphatic hydroxyl groups is 1. The zero-order chi connectivity index (χ0) is 10.8. The largest absolute Gasteiger partial charge is 0.396 e. The van der Waals surface area contributed by atoms with Gasteiger partial charge in [0.05, 0.1) is 6.10 Å². The lowest BCUT2D eigenvalue weighted by Crippen LogP contribution is -2.60. The third-order valence-electron chi connectivity index (χ3n) is 3.60. The Labute approximate surface area is 86.6 Å². The van der Waals surface area contributed by atoms with Crippen molar-refractivity contribution in [2.24, 2.45) is 11.1 Å². The Bertz CT molecular complexity index is 180. The quantitative estimate of drug-likeness (QED) is 0.704. The summed E-state index contributed by atoms with van der Waals surface area (Å²) in [5, 5.41) is 9.05. The zero-order valence-corrected chi connectivity index (χ0v) is 9.55. The molecule has 0 unspecified atom stereocenters. The molecule has 0 aliphatic heterocycles. The van der Waals surface area contributed by atoms with E-state index < -0.39 is 0 Å². The molecule has 1 rings (SSSR count). The van der Waals surface area contributed by atoms with Gasteiger partial charge in [-0.15, -0.1) is 0 Å². The van der Waals surface area contributed by atoms with Gasteiger partial charge in [0.15, 0.2) is 0 Å². The van der Waals surface area contributed by atoms with E-state index in [4.69, 9.17) is 15.6 Å². The van der Waals surface area contributed by atoms with E-state index in [1.165, 1.54) is 0 Å². The van der Waals surface area contributed by atoms with E-state index in [0.29, 0.717) is 6.10 Å². The average molecular weight is 201 g/mol. The van der Waals surface area contributed by atoms with Crippen LogP contribution in [0.15, 0.2) is 0 Å². The lowest BCUT2D eigenvalue weighted by molar-refractivity contribution is -0.115. The van der Waals surface area contributed by atoms with Gasteiger partial charge in [0, 0.05) is 18.8 Å². The molecule has 0 heterocycles. The van der Waals surface area contributed by atoms with Gasteiger partial charge >= 0.3 is 0 Å². The third-order valence-corrected chi connectivity index (χ3v) is 3.60. The standard InChI is InChI=1S/C11H23NO2/c1-4-14-9-7-11(8-9,5-6-13)10(2,3)12/h9,13H,4-8,12H2,1-3H3. The van der Waals surface area contributed by atoms with Crippen molar-refractivity contribution in [2.75, 3.05) is 13.2 Å². The molecular formula is C11H23NO2. The van der Waals surface area contributed by atoms with Crippen LogP contribution in [0.1, 0.15) is 40.0 Å². The molecule has 0 spiro atoms. The fourth-order valence-corrected chi connectivity index (χ4v) is 2.43. The molecule has 0 radical (unpaired) electrons. The minimum atomic E-state index is -0.219. The summed E-state index contributed by atoms with van der Waals surface area (Å²) in [4.78, 5) is 0. The zero-order valence-electron chi connectivity index (χ0n) is 9.55. The molecule has 1 aliphatic carbocycles. The Morgan fingerprint density at radius 3 is 2.43 bits per heavy atom. The molecule has 3 heteroatoms. The van der Waals surface area contributed by atoms with Gasteiger partial charge in [0.1, 0.15) is 0 Å². The van der Waals surface area contributed by atoms with Crippen molar-refractivity contribution >= 4 is 0 Å². The van der Waals surface area contributed by atoms with E-state index in [1.54, 1.807) is 0 Å². The molecule has 0 saturated heterocycles. The Balaban J connectivity index is 2.53. The van der Waals surface area contributed by atoms with Crippen LogP contribution in [-0.2, 0) is 4.74 Å². The summed E-state index contributed by atoms with van der Waals surface area (Å²) in [6, 6.07) is 0. The highest BCUT2D eigenvalue weighted by molar-refractivity contribution is 5.06. The summed E-state index contributed by atoms with van der Waals surface area (Å²) < 4.78 is 5.54. The van der Waals surface area contributed by atoms with E-state index in [1.807, 2.05) is 20.8 Å². The highest BCUT2D eigenvalue weighted by Gasteiger charge is 2.52. The second-order valence-corrected chi connectivity index (χ2v) is 4.96. The van der Waals surface area contributed by atoms with Crippen LogP contribution in [-0.4, -0.2) is 30.0 Å². The van der Waals surface area contributed by atoms with E-state index in [9.17, 15) is 0 Å². The highest BCUT2D eigenvalue weighted by atomic mass is 16.5. The van der Waals surface area contributed by atoms with Crippen molar-refractivity contribution in [3.63, 3.8) is 0 Å². The monoisotopic (exact) mass is 201 g/mol. The highest BCUT2D eigenvalue weighted by Crippen LogP contribution is 2.51. The summed E-state index contributed by atoms with van der Waals surface area (Å²) in [7, 11) is 0. The van der Waals surface area contributed by atoms with Crippen LogP contribution < -0.4 is 5.73 Å². The maximum atomic E-state index is 9.05. The molecule has 3 nitrogen and oxygen atoms in total. The first-order valence-corrected chi connectivity index (χ1v) is 5.46. The summed E-state index contributed by atoms with van der Waals surface area (Å²) >= 11 is 0. The van der Waals surface area contributed by atoms with Crippen LogP contribution >= 0.6 is 0 Å². The van der Waals surface area contributed by atoms with Crippen LogP contribution in [0.25, 0.3) is 0 Å². The van der Waals surface area contributed by atoms with Crippen LogP contribution in [0.3, 0.4) is 0 Å². The maximum Gasteiger partial charge on any atom is 0.0587 e. The number of hydrogen-bond acceptors (Lipinski definition) is 3. The normalized spacial score (nSPS) is 32.8. The summed E-state index contributed by atoms with van der Waals surface area (Å²) in [6.45, 7) is 7.10. The summed E-state index contributed by atoms with van der Waals surface area (Å²) in [5.74, 6) is 0. The van der Waals surface area contributed by atoms with E-state index in [2.05, 4.69) is 0 Å². The molecule has 0 aromatic heterocycles. The van der Waals surface area contributed by atoms with Gasteiger partial charge in [0.25, 0.3) is 0 Å². The van der Waals surface area contributed by atoms with Gasteiger partial charge in [-0.05, 0) is 45.4 Å². The molecular weight excluding hydrogens is 178 g/mol. The smallest absolute Gasteiger partial charge is 0.0587 e. The predicted molar refractivity (Wildman–Crippen MR) is 57.1 cm³/mol. The number of aliphatic hydroxyl groups excluding tert-OH is 1. The van der Waals surface area contributed by atoms with Gasteiger partial charge in [-0.1, -0.05) is 0 Å². The Morgan fingerprint density at radius 1 is 1.50 bits per heavy atom. The second kappa shape index (κ2) is 4.17. The van der Waals surface area contributed by atoms with Crippen LogP contribution in [0.5, 0.6) is 0 Å². The number of rotatable bonds is 5. The van der Waals surface area contributed by atoms with E-state index in [0.717, 1.165) is 25.9 Å². The predicted octanol–water partition coefficient (Wildman–Crippen LogP) is 1.29. The average Bonchev–Trinajstić information content (AvgIpc) is 1.98. The van der Waals surface area contributed by atoms with Gasteiger partial charge in [-0.25, -0.2) is 0 Å². The minimum absolute atomic E-state index is 0.0849. The van der Waals surface area contributed by atoms with Crippen molar-refractivity contribution in [1.82, 2.24) is 0 Å². The molecule has 1 saturated carbocycles. The molecule has 84 valence electrons. The number of ether oxygens (including phenoxy) is 1.